The Hall–Kier alpha value is -2.74. The third kappa shape index (κ3) is 8.07. The molecule has 0 bridgehead atoms. The molecule has 0 aliphatic carbocycles. The standard InChI is InChI=1S/C24H35NO7/c1-6-29-21-18(13-14-28-15-17-11-9-8-10-12-17)19(16-31-23(27)30-7-2)20(25-21)22(26)32-24(3,4)5/h8-12,18-19,26H,6-7,13-16H2,1-5H3/p-1/t18-,19-/m1/s1. The number of aliphatic imine (C=N–C) groups is 1. The number of rotatable bonds is 10. The summed E-state index contributed by atoms with van der Waals surface area (Å²) >= 11 is 0. The van der Waals surface area contributed by atoms with Crippen LogP contribution in [0.15, 0.2) is 47.0 Å². The van der Waals surface area contributed by atoms with Gasteiger partial charge >= 0.3 is 6.16 Å². The summed E-state index contributed by atoms with van der Waals surface area (Å²) in [7, 11) is 0. The molecule has 0 aromatic heterocycles. The van der Waals surface area contributed by atoms with Crippen LogP contribution in [0.25, 0.3) is 0 Å². The Balaban J connectivity index is 2.15. The van der Waals surface area contributed by atoms with Crippen LogP contribution in [0.5, 0.6) is 0 Å². The lowest BCUT2D eigenvalue weighted by Crippen LogP contribution is -2.30. The van der Waals surface area contributed by atoms with Crippen LogP contribution in [-0.4, -0.2) is 44.1 Å². The van der Waals surface area contributed by atoms with Gasteiger partial charge in [-0.2, -0.15) is 0 Å². The van der Waals surface area contributed by atoms with Crippen molar-refractivity contribution in [1.29, 1.82) is 0 Å². The largest absolute Gasteiger partial charge is 0.606 e. The van der Waals surface area contributed by atoms with Crippen LogP contribution in [0, 0.1) is 11.8 Å². The highest BCUT2D eigenvalue weighted by Crippen LogP contribution is 2.36. The Morgan fingerprint density at radius 3 is 2.41 bits per heavy atom. The lowest BCUT2D eigenvalue weighted by Gasteiger charge is -2.32. The van der Waals surface area contributed by atoms with E-state index in [0.29, 0.717) is 32.1 Å². The lowest BCUT2D eigenvalue weighted by atomic mass is 9.90. The van der Waals surface area contributed by atoms with Crippen LogP contribution in [0.1, 0.15) is 46.6 Å². The molecule has 8 heteroatoms. The molecular formula is C24H34NO7-. The number of hydrogen-bond donors (Lipinski definition) is 0. The summed E-state index contributed by atoms with van der Waals surface area (Å²) < 4.78 is 27.2. The number of benzene rings is 1. The summed E-state index contributed by atoms with van der Waals surface area (Å²) in [4.78, 5) is 16.2. The second-order valence-electron chi connectivity index (χ2n) is 8.30. The zero-order valence-corrected chi connectivity index (χ0v) is 19.6. The van der Waals surface area contributed by atoms with Crippen LogP contribution in [0.2, 0.25) is 0 Å². The quantitative estimate of drug-likeness (QED) is 0.305. The van der Waals surface area contributed by atoms with Crippen molar-refractivity contribution in [3.05, 3.63) is 47.5 Å². The van der Waals surface area contributed by atoms with Gasteiger partial charge < -0.3 is 28.8 Å². The van der Waals surface area contributed by atoms with Gasteiger partial charge in [-0.3, -0.25) is 0 Å². The minimum absolute atomic E-state index is 0.0726. The molecule has 0 spiro atoms. The summed E-state index contributed by atoms with van der Waals surface area (Å²) in [6.45, 7) is 10.3. The van der Waals surface area contributed by atoms with Crippen molar-refractivity contribution in [2.45, 2.75) is 53.2 Å². The third-order valence-electron chi connectivity index (χ3n) is 4.61. The van der Waals surface area contributed by atoms with Crippen molar-refractivity contribution in [3.63, 3.8) is 0 Å². The topological polar surface area (TPSA) is 98.6 Å². The highest BCUT2D eigenvalue weighted by molar-refractivity contribution is 5.83. The molecule has 1 heterocycles. The van der Waals surface area contributed by atoms with E-state index >= 15 is 0 Å². The smallest absolute Gasteiger partial charge is 0.508 e. The van der Waals surface area contributed by atoms with Gasteiger partial charge in [0, 0.05) is 24.0 Å². The first-order valence-electron chi connectivity index (χ1n) is 11.0. The summed E-state index contributed by atoms with van der Waals surface area (Å²) in [6, 6.07) is 9.86. The molecule has 0 saturated carbocycles. The second kappa shape index (κ2) is 12.3. The van der Waals surface area contributed by atoms with E-state index in [2.05, 4.69) is 4.99 Å². The number of nitrogens with zero attached hydrogens (tertiary/aromatic N) is 1. The minimum Gasteiger partial charge on any atom is -0.606 e. The molecular weight excluding hydrogens is 414 g/mol. The first-order valence-corrected chi connectivity index (χ1v) is 11.0. The summed E-state index contributed by atoms with van der Waals surface area (Å²) in [5, 5.41) is 12.8. The van der Waals surface area contributed by atoms with Gasteiger partial charge in [0.2, 0.25) is 0 Å². The fourth-order valence-corrected chi connectivity index (χ4v) is 3.27. The van der Waals surface area contributed by atoms with Crippen LogP contribution >= 0.6 is 0 Å². The Morgan fingerprint density at radius 1 is 1.06 bits per heavy atom. The Bertz CT molecular complexity index is 783. The average Bonchev–Trinajstić information content (AvgIpc) is 3.07. The highest BCUT2D eigenvalue weighted by Gasteiger charge is 2.38. The molecule has 8 nitrogen and oxygen atoms in total. The Labute approximate surface area is 190 Å². The fourth-order valence-electron chi connectivity index (χ4n) is 3.27. The first-order chi connectivity index (χ1) is 15.2. The van der Waals surface area contributed by atoms with E-state index in [9.17, 15) is 9.90 Å². The van der Waals surface area contributed by atoms with Crippen molar-refractivity contribution in [1.82, 2.24) is 0 Å². The number of carbonyl (C=O) groups excluding carboxylic acids is 1. The SMILES string of the molecule is CCOC(=O)OC[C@H]1C(=C([O-])OC(C)(C)C)N=C(OCC)[C@@H]1CCOCc1ccccc1. The van der Waals surface area contributed by atoms with Crippen LogP contribution in [-0.2, 0) is 30.3 Å². The second-order valence-corrected chi connectivity index (χ2v) is 8.30. The third-order valence-corrected chi connectivity index (χ3v) is 4.61. The average molecular weight is 449 g/mol. The van der Waals surface area contributed by atoms with E-state index in [-0.39, 0.29) is 24.8 Å². The molecule has 32 heavy (non-hydrogen) atoms. The normalized spacial score (nSPS) is 19.8. The van der Waals surface area contributed by atoms with E-state index in [0.717, 1.165) is 5.56 Å². The van der Waals surface area contributed by atoms with Crippen molar-refractivity contribution in [2.24, 2.45) is 16.8 Å². The van der Waals surface area contributed by atoms with Gasteiger partial charge in [0.1, 0.15) is 6.61 Å². The van der Waals surface area contributed by atoms with Crippen molar-refractivity contribution < 1.29 is 33.6 Å². The molecule has 1 aromatic rings. The fraction of sp³-hybridized carbons (Fsp3) is 0.583. The van der Waals surface area contributed by atoms with Gasteiger partial charge in [-0.1, -0.05) is 51.1 Å². The molecule has 1 aromatic carbocycles. The van der Waals surface area contributed by atoms with Gasteiger partial charge in [0.25, 0.3) is 0 Å². The molecule has 0 saturated heterocycles. The minimum atomic E-state index is -0.792. The van der Waals surface area contributed by atoms with Gasteiger partial charge in [0.15, 0.2) is 5.90 Å². The summed E-state index contributed by atoms with van der Waals surface area (Å²) in [5.74, 6) is -0.937. The van der Waals surface area contributed by atoms with Gasteiger partial charge in [-0.05, 0) is 25.8 Å². The van der Waals surface area contributed by atoms with Crippen LogP contribution in [0.3, 0.4) is 0 Å². The summed E-state index contributed by atoms with van der Waals surface area (Å²) in [6.07, 6.45) is -0.255. The van der Waals surface area contributed by atoms with E-state index < -0.39 is 23.6 Å². The monoisotopic (exact) mass is 448 g/mol. The molecule has 0 N–H and O–H groups in total. The van der Waals surface area contributed by atoms with E-state index in [1.807, 2.05) is 37.3 Å². The molecule has 0 unspecified atom stereocenters. The first kappa shape index (κ1) is 25.5. The Kier molecular flexibility index (Phi) is 9.84. The number of ether oxygens (including phenoxy) is 5. The predicted molar refractivity (Wildman–Crippen MR) is 118 cm³/mol. The highest BCUT2D eigenvalue weighted by atomic mass is 16.7. The van der Waals surface area contributed by atoms with Gasteiger partial charge in [-0.15, -0.1) is 0 Å². The molecule has 0 amide bonds. The van der Waals surface area contributed by atoms with Crippen LogP contribution in [0.4, 0.5) is 4.79 Å². The predicted octanol–water partition coefficient (Wildman–Crippen LogP) is 3.79. The maximum absolute atomic E-state index is 12.8. The van der Waals surface area contributed by atoms with E-state index in [1.54, 1.807) is 27.7 Å². The molecule has 1 aliphatic heterocycles. The zero-order valence-electron chi connectivity index (χ0n) is 19.6. The maximum Gasteiger partial charge on any atom is 0.508 e. The number of hydrogen-bond acceptors (Lipinski definition) is 8. The van der Waals surface area contributed by atoms with Crippen molar-refractivity contribution in [2.75, 3.05) is 26.4 Å². The number of carbonyl (C=O) groups is 1. The van der Waals surface area contributed by atoms with Crippen molar-refractivity contribution >= 4 is 12.1 Å². The van der Waals surface area contributed by atoms with Gasteiger partial charge in [0.05, 0.1) is 31.5 Å². The molecule has 1 aliphatic rings. The molecule has 2 atom stereocenters. The summed E-state index contributed by atoms with van der Waals surface area (Å²) in [5.41, 5.74) is 0.566. The molecule has 178 valence electrons. The molecule has 0 fully saturated rings. The molecule has 2 rings (SSSR count). The van der Waals surface area contributed by atoms with E-state index in [4.69, 9.17) is 23.7 Å². The lowest BCUT2D eigenvalue weighted by molar-refractivity contribution is -0.371. The molecule has 0 radical (unpaired) electrons. The van der Waals surface area contributed by atoms with E-state index in [1.165, 1.54) is 0 Å². The maximum atomic E-state index is 12.8. The zero-order chi connectivity index (χ0) is 23.6. The Morgan fingerprint density at radius 2 is 1.78 bits per heavy atom. The van der Waals surface area contributed by atoms with Crippen molar-refractivity contribution in [3.8, 4) is 0 Å². The van der Waals surface area contributed by atoms with Gasteiger partial charge in [-0.25, -0.2) is 9.79 Å². The van der Waals surface area contributed by atoms with Crippen LogP contribution < -0.4 is 5.11 Å².